The third-order valence-electron chi connectivity index (χ3n) is 3.50. The lowest BCUT2D eigenvalue weighted by atomic mass is 10.1. The molecule has 116 valence electrons. The van der Waals surface area contributed by atoms with Crippen molar-refractivity contribution in [2.45, 2.75) is 13.8 Å². The number of carbonyl (C=O) groups is 1. The third-order valence-corrected chi connectivity index (χ3v) is 4.28. The zero-order valence-corrected chi connectivity index (χ0v) is 13.6. The number of anilines is 1. The van der Waals surface area contributed by atoms with Crippen LogP contribution >= 0.6 is 11.3 Å². The summed E-state index contributed by atoms with van der Waals surface area (Å²) in [5, 5.41) is 5.75. The summed E-state index contributed by atoms with van der Waals surface area (Å²) in [4.78, 5) is 16.8. The van der Waals surface area contributed by atoms with E-state index in [-0.39, 0.29) is 17.3 Å². The number of rotatable bonds is 3. The first-order valence-corrected chi connectivity index (χ1v) is 8.01. The van der Waals surface area contributed by atoms with Crippen LogP contribution in [-0.4, -0.2) is 10.9 Å². The molecule has 0 spiro atoms. The lowest BCUT2D eigenvalue weighted by Gasteiger charge is -2.10. The van der Waals surface area contributed by atoms with Gasteiger partial charge in [0.25, 0.3) is 5.91 Å². The van der Waals surface area contributed by atoms with Crippen LogP contribution in [0.5, 0.6) is 0 Å². The van der Waals surface area contributed by atoms with Crippen LogP contribution in [0.1, 0.15) is 20.9 Å². The van der Waals surface area contributed by atoms with Gasteiger partial charge in [0, 0.05) is 16.5 Å². The highest BCUT2D eigenvalue weighted by Gasteiger charge is 2.13. The van der Waals surface area contributed by atoms with E-state index in [1.807, 2.05) is 36.6 Å². The molecule has 0 unspecified atom stereocenters. The molecule has 1 N–H and O–H groups in total. The molecule has 0 saturated carbocycles. The summed E-state index contributed by atoms with van der Waals surface area (Å²) < 4.78 is 13.6. The minimum atomic E-state index is -0.388. The van der Waals surface area contributed by atoms with Crippen molar-refractivity contribution in [1.82, 2.24) is 4.98 Å². The van der Waals surface area contributed by atoms with Gasteiger partial charge in [-0.15, -0.1) is 11.3 Å². The lowest BCUT2D eigenvalue weighted by molar-refractivity contribution is 0.102. The average molecular weight is 326 g/mol. The molecule has 0 aliphatic rings. The Labute approximate surface area is 137 Å². The molecule has 1 aromatic heterocycles. The Kier molecular flexibility index (Phi) is 4.21. The van der Waals surface area contributed by atoms with E-state index >= 15 is 0 Å². The van der Waals surface area contributed by atoms with Crippen LogP contribution in [0.2, 0.25) is 0 Å². The van der Waals surface area contributed by atoms with Crippen molar-refractivity contribution < 1.29 is 9.18 Å². The Hall–Kier alpha value is -2.53. The first-order chi connectivity index (χ1) is 11.0. The predicted molar refractivity (Wildman–Crippen MR) is 91.4 cm³/mol. The predicted octanol–water partition coefficient (Wildman–Crippen LogP) is 4.82. The first-order valence-electron chi connectivity index (χ1n) is 7.13. The molecular formula is C18H15FN2OS. The minimum absolute atomic E-state index is 0.289. The Balaban J connectivity index is 1.91. The number of hydrogen-bond donors (Lipinski definition) is 1. The standard InChI is InChI=1S/C18H15FN2OS/c1-11-7-8-13(9-15(11)19)18(22)21-16-6-4-3-5-14(16)17-10-23-12(2)20-17/h3-10H,1-2H3,(H,21,22). The maximum absolute atomic E-state index is 13.6. The Morgan fingerprint density at radius 3 is 2.65 bits per heavy atom. The maximum Gasteiger partial charge on any atom is 0.255 e. The van der Waals surface area contributed by atoms with Crippen molar-refractivity contribution in [1.29, 1.82) is 0 Å². The summed E-state index contributed by atoms with van der Waals surface area (Å²) in [7, 11) is 0. The molecule has 0 aliphatic heterocycles. The molecule has 2 aromatic carbocycles. The number of amides is 1. The third kappa shape index (κ3) is 3.29. The van der Waals surface area contributed by atoms with E-state index in [4.69, 9.17) is 0 Å². The molecule has 0 bridgehead atoms. The number of para-hydroxylation sites is 1. The van der Waals surface area contributed by atoms with E-state index in [1.165, 1.54) is 6.07 Å². The molecule has 0 fully saturated rings. The van der Waals surface area contributed by atoms with Crippen LogP contribution < -0.4 is 5.32 Å². The van der Waals surface area contributed by atoms with Crippen molar-refractivity contribution in [2.24, 2.45) is 0 Å². The highest BCUT2D eigenvalue weighted by atomic mass is 32.1. The summed E-state index contributed by atoms with van der Waals surface area (Å²) in [6, 6.07) is 11.9. The number of thiazole rings is 1. The smallest absolute Gasteiger partial charge is 0.255 e. The van der Waals surface area contributed by atoms with Crippen LogP contribution in [0.3, 0.4) is 0 Å². The number of aromatic nitrogens is 1. The number of nitrogens with zero attached hydrogens (tertiary/aromatic N) is 1. The molecule has 1 heterocycles. The second-order valence-corrected chi connectivity index (χ2v) is 6.28. The van der Waals surface area contributed by atoms with Crippen LogP contribution in [0.25, 0.3) is 11.3 Å². The number of aryl methyl sites for hydroxylation is 2. The van der Waals surface area contributed by atoms with Gasteiger partial charge >= 0.3 is 0 Å². The monoisotopic (exact) mass is 326 g/mol. The molecule has 3 rings (SSSR count). The maximum atomic E-state index is 13.6. The highest BCUT2D eigenvalue weighted by Crippen LogP contribution is 2.29. The fraction of sp³-hybridized carbons (Fsp3) is 0.111. The van der Waals surface area contributed by atoms with Gasteiger partial charge < -0.3 is 5.32 Å². The molecular weight excluding hydrogens is 311 g/mol. The van der Waals surface area contributed by atoms with Gasteiger partial charge in [-0.1, -0.05) is 24.3 Å². The van der Waals surface area contributed by atoms with E-state index in [2.05, 4.69) is 10.3 Å². The van der Waals surface area contributed by atoms with Gasteiger partial charge in [-0.3, -0.25) is 4.79 Å². The minimum Gasteiger partial charge on any atom is -0.321 e. The van der Waals surface area contributed by atoms with E-state index < -0.39 is 0 Å². The first kappa shape index (κ1) is 15.4. The number of hydrogen-bond acceptors (Lipinski definition) is 3. The number of carbonyl (C=O) groups excluding carboxylic acids is 1. The molecule has 1 amide bonds. The molecule has 0 radical (unpaired) electrons. The largest absolute Gasteiger partial charge is 0.321 e. The number of nitrogens with one attached hydrogen (secondary N) is 1. The molecule has 23 heavy (non-hydrogen) atoms. The van der Waals surface area contributed by atoms with Crippen LogP contribution in [0.4, 0.5) is 10.1 Å². The number of halogens is 1. The Morgan fingerprint density at radius 2 is 1.96 bits per heavy atom. The van der Waals surface area contributed by atoms with Gasteiger partial charge in [-0.25, -0.2) is 9.37 Å². The van der Waals surface area contributed by atoms with Crippen LogP contribution in [0.15, 0.2) is 47.8 Å². The van der Waals surface area contributed by atoms with E-state index in [1.54, 1.807) is 30.4 Å². The van der Waals surface area contributed by atoms with Gasteiger partial charge in [0.2, 0.25) is 0 Å². The fourth-order valence-electron chi connectivity index (χ4n) is 2.23. The number of benzene rings is 2. The van der Waals surface area contributed by atoms with Gasteiger partial charge in [0.1, 0.15) is 5.82 Å². The lowest BCUT2D eigenvalue weighted by Crippen LogP contribution is -2.13. The van der Waals surface area contributed by atoms with E-state index in [0.29, 0.717) is 11.3 Å². The Bertz CT molecular complexity index is 873. The normalized spacial score (nSPS) is 10.6. The van der Waals surface area contributed by atoms with Gasteiger partial charge in [-0.2, -0.15) is 0 Å². The molecule has 3 aromatic rings. The average Bonchev–Trinajstić information content (AvgIpc) is 2.97. The van der Waals surface area contributed by atoms with Gasteiger partial charge in [0.15, 0.2) is 0 Å². The molecule has 0 atom stereocenters. The fourth-order valence-corrected chi connectivity index (χ4v) is 2.84. The quantitative estimate of drug-likeness (QED) is 0.750. The van der Waals surface area contributed by atoms with Crippen molar-refractivity contribution in [2.75, 3.05) is 5.32 Å². The zero-order valence-electron chi connectivity index (χ0n) is 12.8. The summed E-state index contributed by atoms with van der Waals surface area (Å²) >= 11 is 1.55. The summed E-state index contributed by atoms with van der Waals surface area (Å²) in [6.45, 7) is 3.60. The van der Waals surface area contributed by atoms with E-state index in [9.17, 15) is 9.18 Å². The molecule has 5 heteroatoms. The summed E-state index contributed by atoms with van der Waals surface area (Å²) in [5.41, 5.74) is 3.12. The summed E-state index contributed by atoms with van der Waals surface area (Å²) in [5.74, 6) is -0.732. The molecule has 0 aliphatic carbocycles. The summed E-state index contributed by atoms with van der Waals surface area (Å²) in [6.07, 6.45) is 0. The second kappa shape index (κ2) is 6.30. The second-order valence-electron chi connectivity index (χ2n) is 5.22. The van der Waals surface area contributed by atoms with Crippen molar-refractivity contribution in [3.05, 3.63) is 69.8 Å². The van der Waals surface area contributed by atoms with Crippen LogP contribution in [-0.2, 0) is 0 Å². The van der Waals surface area contributed by atoms with Crippen molar-refractivity contribution in [3.63, 3.8) is 0 Å². The van der Waals surface area contributed by atoms with Crippen LogP contribution in [0, 0.1) is 19.7 Å². The molecule has 3 nitrogen and oxygen atoms in total. The van der Waals surface area contributed by atoms with Crippen molar-refractivity contribution in [3.8, 4) is 11.3 Å². The molecule has 0 saturated heterocycles. The van der Waals surface area contributed by atoms with Gasteiger partial charge in [0.05, 0.1) is 16.4 Å². The van der Waals surface area contributed by atoms with E-state index in [0.717, 1.165) is 16.3 Å². The van der Waals surface area contributed by atoms with Gasteiger partial charge in [-0.05, 0) is 37.6 Å². The SMILES string of the molecule is Cc1nc(-c2ccccc2NC(=O)c2ccc(C)c(F)c2)cs1. The van der Waals surface area contributed by atoms with Crippen molar-refractivity contribution >= 4 is 22.9 Å². The Morgan fingerprint density at radius 1 is 1.17 bits per heavy atom. The zero-order chi connectivity index (χ0) is 16.4. The topological polar surface area (TPSA) is 42.0 Å². The highest BCUT2D eigenvalue weighted by molar-refractivity contribution is 7.09.